The van der Waals surface area contributed by atoms with Crippen LogP contribution < -0.4 is 0 Å². The third-order valence-corrected chi connectivity index (χ3v) is 4.47. The van der Waals surface area contributed by atoms with Crippen molar-refractivity contribution in [3.63, 3.8) is 0 Å². The van der Waals surface area contributed by atoms with Crippen molar-refractivity contribution in [3.8, 4) is 0 Å². The standard InChI is InChI=1S/C14H12BrNO4S/c1-8(17)9-5-10(16(2)6-9)14(19)20-7-11(18)12-3-4-13(15)21-12/h3-6H,7H2,1-2H3. The van der Waals surface area contributed by atoms with Gasteiger partial charge in [0.25, 0.3) is 0 Å². The van der Waals surface area contributed by atoms with Crippen LogP contribution in [0, 0.1) is 0 Å². The lowest BCUT2D eigenvalue weighted by molar-refractivity contribution is 0.0466. The van der Waals surface area contributed by atoms with E-state index in [2.05, 4.69) is 15.9 Å². The van der Waals surface area contributed by atoms with E-state index in [0.29, 0.717) is 10.4 Å². The summed E-state index contributed by atoms with van der Waals surface area (Å²) in [4.78, 5) is 35.6. The summed E-state index contributed by atoms with van der Waals surface area (Å²) < 4.78 is 7.34. The Balaban J connectivity index is 2.02. The van der Waals surface area contributed by atoms with E-state index in [0.717, 1.165) is 3.79 Å². The van der Waals surface area contributed by atoms with Crippen LogP contribution in [0.3, 0.4) is 0 Å². The first-order valence-electron chi connectivity index (χ1n) is 6.01. The molecule has 5 nitrogen and oxygen atoms in total. The average Bonchev–Trinajstić information content (AvgIpc) is 3.02. The summed E-state index contributed by atoms with van der Waals surface area (Å²) in [6.07, 6.45) is 1.55. The Morgan fingerprint density at radius 1 is 1.33 bits per heavy atom. The van der Waals surface area contributed by atoms with Gasteiger partial charge in [0.15, 0.2) is 12.4 Å². The summed E-state index contributed by atoms with van der Waals surface area (Å²) in [6, 6.07) is 4.88. The Hall–Kier alpha value is -1.73. The summed E-state index contributed by atoms with van der Waals surface area (Å²) in [5, 5.41) is 0. The Labute approximate surface area is 133 Å². The number of hydrogen-bond acceptors (Lipinski definition) is 5. The van der Waals surface area contributed by atoms with E-state index in [1.165, 1.54) is 28.9 Å². The van der Waals surface area contributed by atoms with Crippen LogP contribution in [0.25, 0.3) is 0 Å². The van der Waals surface area contributed by atoms with Crippen molar-refractivity contribution < 1.29 is 19.1 Å². The molecule has 0 aromatic carbocycles. The van der Waals surface area contributed by atoms with E-state index in [4.69, 9.17) is 4.74 Å². The van der Waals surface area contributed by atoms with Gasteiger partial charge in [-0.15, -0.1) is 11.3 Å². The van der Waals surface area contributed by atoms with E-state index in [9.17, 15) is 14.4 Å². The Bertz CT molecular complexity index is 716. The highest BCUT2D eigenvalue weighted by molar-refractivity contribution is 9.11. The second-order valence-electron chi connectivity index (χ2n) is 4.38. The van der Waals surface area contributed by atoms with Gasteiger partial charge in [0.05, 0.1) is 8.66 Å². The number of esters is 1. The van der Waals surface area contributed by atoms with Gasteiger partial charge in [0.1, 0.15) is 5.69 Å². The smallest absolute Gasteiger partial charge is 0.355 e. The number of hydrogen-bond donors (Lipinski definition) is 0. The van der Waals surface area contributed by atoms with Crippen LogP contribution >= 0.6 is 27.3 Å². The number of ether oxygens (including phenoxy) is 1. The number of Topliss-reactive ketones (excluding diaryl/α,β-unsaturated/α-hetero) is 2. The first-order valence-corrected chi connectivity index (χ1v) is 7.62. The predicted octanol–water partition coefficient (Wildman–Crippen LogP) is 3.09. The zero-order valence-corrected chi connectivity index (χ0v) is 13.8. The maximum absolute atomic E-state index is 11.9. The van der Waals surface area contributed by atoms with Crippen LogP contribution in [0.15, 0.2) is 28.2 Å². The second kappa shape index (κ2) is 6.36. The van der Waals surface area contributed by atoms with E-state index < -0.39 is 5.97 Å². The van der Waals surface area contributed by atoms with Crippen molar-refractivity contribution in [3.05, 3.63) is 44.3 Å². The molecule has 7 heteroatoms. The fourth-order valence-electron chi connectivity index (χ4n) is 1.70. The maximum atomic E-state index is 11.9. The Morgan fingerprint density at radius 3 is 2.57 bits per heavy atom. The van der Waals surface area contributed by atoms with E-state index in [1.807, 2.05) is 0 Å². The molecule has 2 rings (SSSR count). The lowest BCUT2D eigenvalue weighted by atomic mass is 10.2. The van der Waals surface area contributed by atoms with Gasteiger partial charge in [0, 0.05) is 18.8 Å². The fraction of sp³-hybridized carbons (Fsp3) is 0.214. The summed E-state index contributed by atoms with van der Waals surface area (Å²) in [5.74, 6) is -1.03. The van der Waals surface area contributed by atoms with Gasteiger partial charge in [-0.05, 0) is 41.1 Å². The van der Waals surface area contributed by atoms with Crippen LogP contribution in [0.4, 0.5) is 0 Å². The van der Waals surface area contributed by atoms with Gasteiger partial charge in [-0.1, -0.05) is 0 Å². The number of ketones is 2. The summed E-state index contributed by atoms with van der Waals surface area (Å²) in [7, 11) is 1.64. The zero-order valence-electron chi connectivity index (χ0n) is 11.4. The van der Waals surface area contributed by atoms with Crippen molar-refractivity contribution in [1.82, 2.24) is 4.57 Å². The van der Waals surface area contributed by atoms with Gasteiger partial charge in [0.2, 0.25) is 5.78 Å². The van der Waals surface area contributed by atoms with Crippen molar-refractivity contribution in [2.24, 2.45) is 7.05 Å². The molecule has 0 fully saturated rings. The Kier molecular flexibility index (Phi) is 4.74. The molecule has 0 unspecified atom stereocenters. The zero-order chi connectivity index (χ0) is 15.6. The molecule has 0 radical (unpaired) electrons. The van der Waals surface area contributed by atoms with Gasteiger partial charge >= 0.3 is 5.97 Å². The molecule has 0 amide bonds. The van der Waals surface area contributed by atoms with E-state index in [1.54, 1.807) is 25.4 Å². The molecule has 2 aromatic heterocycles. The number of aryl methyl sites for hydroxylation is 1. The first-order chi connectivity index (χ1) is 9.88. The molecule has 0 N–H and O–H groups in total. The number of thiophene rings is 1. The largest absolute Gasteiger partial charge is 0.453 e. The van der Waals surface area contributed by atoms with Gasteiger partial charge in [-0.2, -0.15) is 0 Å². The van der Waals surface area contributed by atoms with Crippen molar-refractivity contribution in [2.45, 2.75) is 6.92 Å². The number of nitrogens with zero attached hydrogens (tertiary/aromatic N) is 1. The van der Waals surface area contributed by atoms with Crippen LogP contribution in [0.1, 0.15) is 37.4 Å². The fourth-order valence-corrected chi connectivity index (χ4v) is 3.01. The van der Waals surface area contributed by atoms with Gasteiger partial charge in [-0.3, -0.25) is 9.59 Å². The van der Waals surface area contributed by atoms with Crippen LogP contribution in [-0.2, 0) is 11.8 Å². The molecule has 0 aliphatic carbocycles. The summed E-state index contributed by atoms with van der Waals surface area (Å²) in [5.41, 5.74) is 0.665. The lowest BCUT2D eigenvalue weighted by Crippen LogP contribution is -2.15. The topological polar surface area (TPSA) is 65.4 Å². The monoisotopic (exact) mass is 369 g/mol. The molecule has 2 aromatic rings. The van der Waals surface area contributed by atoms with Crippen molar-refractivity contribution >= 4 is 44.8 Å². The van der Waals surface area contributed by atoms with Crippen molar-refractivity contribution in [2.75, 3.05) is 6.61 Å². The normalized spacial score (nSPS) is 10.4. The molecule has 21 heavy (non-hydrogen) atoms. The highest BCUT2D eigenvalue weighted by Crippen LogP contribution is 2.22. The molecule has 0 spiro atoms. The van der Waals surface area contributed by atoms with Gasteiger partial charge in [-0.25, -0.2) is 4.79 Å². The number of carbonyl (C=O) groups is 3. The van der Waals surface area contributed by atoms with Crippen LogP contribution in [0.2, 0.25) is 0 Å². The maximum Gasteiger partial charge on any atom is 0.355 e. The third-order valence-electron chi connectivity index (χ3n) is 2.80. The first kappa shape index (κ1) is 15.7. The van der Waals surface area contributed by atoms with Crippen LogP contribution in [0.5, 0.6) is 0 Å². The molecule has 110 valence electrons. The molecule has 2 heterocycles. The highest BCUT2D eigenvalue weighted by Gasteiger charge is 2.17. The summed E-state index contributed by atoms with van der Waals surface area (Å²) in [6.45, 7) is 1.09. The van der Waals surface area contributed by atoms with Gasteiger partial charge < -0.3 is 9.30 Å². The predicted molar refractivity (Wildman–Crippen MR) is 82.0 cm³/mol. The quantitative estimate of drug-likeness (QED) is 0.599. The lowest BCUT2D eigenvalue weighted by Gasteiger charge is -2.03. The third kappa shape index (κ3) is 3.68. The minimum Gasteiger partial charge on any atom is -0.453 e. The number of rotatable bonds is 5. The molecule has 0 aliphatic heterocycles. The number of carbonyl (C=O) groups excluding carboxylic acids is 3. The molecule has 0 atom stereocenters. The Morgan fingerprint density at radius 2 is 2.05 bits per heavy atom. The molecule has 0 aliphatic rings. The molecular formula is C14H12BrNO4S. The second-order valence-corrected chi connectivity index (χ2v) is 6.85. The SMILES string of the molecule is CC(=O)c1cc(C(=O)OCC(=O)c2ccc(Br)s2)n(C)c1. The van der Waals surface area contributed by atoms with Crippen LogP contribution in [-0.4, -0.2) is 28.7 Å². The number of halogens is 1. The minimum absolute atomic E-state index is 0.135. The summed E-state index contributed by atoms with van der Waals surface area (Å²) >= 11 is 4.55. The number of aromatic nitrogens is 1. The van der Waals surface area contributed by atoms with Crippen molar-refractivity contribution in [1.29, 1.82) is 0 Å². The molecule has 0 saturated carbocycles. The molecular weight excluding hydrogens is 358 g/mol. The highest BCUT2D eigenvalue weighted by atomic mass is 79.9. The van der Waals surface area contributed by atoms with E-state index >= 15 is 0 Å². The molecule has 0 bridgehead atoms. The molecule has 0 saturated heterocycles. The average molecular weight is 370 g/mol. The van der Waals surface area contributed by atoms with E-state index in [-0.39, 0.29) is 23.9 Å². The minimum atomic E-state index is -0.631.